The SMILES string of the molecule is CCC1CCCCC1NCC1CC1(C)C. The monoisotopic (exact) mass is 209 g/mol. The first kappa shape index (κ1) is 11.4. The van der Waals surface area contributed by atoms with Crippen LogP contribution in [0.1, 0.15) is 59.3 Å². The molecule has 0 aromatic heterocycles. The van der Waals surface area contributed by atoms with Gasteiger partial charge in [0.2, 0.25) is 0 Å². The maximum Gasteiger partial charge on any atom is 0.00953 e. The molecule has 0 bridgehead atoms. The Labute approximate surface area is 95.0 Å². The van der Waals surface area contributed by atoms with Crippen molar-refractivity contribution in [3.05, 3.63) is 0 Å². The van der Waals surface area contributed by atoms with Gasteiger partial charge in [-0.05, 0) is 43.1 Å². The van der Waals surface area contributed by atoms with Gasteiger partial charge in [0.05, 0.1) is 0 Å². The van der Waals surface area contributed by atoms with Gasteiger partial charge in [-0.25, -0.2) is 0 Å². The van der Waals surface area contributed by atoms with Crippen LogP contribution in [-0.2, 0) is 0 Å². The molecule has 2 aliphatic carbocycles. The molecule has 1 N–H and O–H groups in total. The topological polar surface area (TPSA) is 12.0 Å². The molecule has 88 valence electrons. The molecular formula is C14H27N. The van der Waals surface area contributed by atoms with Crippen molar-refractivity contribution in [2.75, 3.05) is 6.54 Å². The van der Waals surface area contributed by atoms with Crippen LogP contribution in [0.5, 0.6) is 0 Å². The molecule has 0 saturated heterocycles. The smallest absolute Gasteiger partial charge is 0.00953 e. The van der Waals surface area contributed by atoms with Crippen LogP contribution in [0.4, 0.5) is 0 Å². The van der Waals surface area contributed by atoms with Gasteiger partial charge >= 0.3 is 0 Å². The van der Waals surface area contributed by atoms with Crippen molar-refractivity contribution < 1.29 is 0 Å². The predicted molar refractivity (Wildman–Crippen MR) is 65.9 cm³/mol. The largest absolute Gasteiger partial charge is 0.313 e. The Bertz CT molecular complexity index is 209. The molecule has 1 heteroatoms. The highest BCUT2D eigenvalue weighted by Crippen LogP contribution is 2.51. The highest BCUT2D eigenvalue weighted by molar-refractivity contribution is 4.97. The van der Waals surface area contributed by atoms with Crippen molar-refractivity contribution >= 4 is 0 Å². The maximum atomic E-state index is 3.84. The van der Waals surface area contributed by atoms with Crippen LogP contribution in [0.25, 0.3) is 0 Å². The third-order valence-corrected chi connectivity index (χ3v) is 4.78. The minimum Gasteiger partial charge on any atom is -0.313 e. The molecule has 2 rings (SSSR count). The van der Waals surface area contributed by atoms with Crippen LogP contribution in [0.2, 0.25) is 0 Å². The van der Waals surface area contributed by atoms with Crippen LogP contribution in [0.15, 0.2) is 0 Å². The molecule has 2 fully saturated rings. The Morgan fingerprint density at radius 1 is 1.20 bits per heavy atom. The summed E-state index contributed by atoms with van der Waals surface area (Å²) in [5.41, 5.74) is 0.642. The van der Waals surface area contributed by atoms with Gasteiger partial charge in [-0.1, -0.05) is 40.0 Å². The summed E-state index contributed by atoms with van der Waals surface area (Å²) in [4.78, 5) is 0. The highest BCUT2D eigenvalue weighted by atomic mass is 14.9. The zero-order valence-electron chi connectivity index (χ0n) is 10.7. The van der Waals surface area contributed by atoms with E-state index in [-0.39, 0.29) is 0 Å². The van der Waals surface area contributed by atoms with Crippen molar-refractivity contribution in [3.8, 4) is 0 Å². The number of hydrogen-bond acceptors (Lipinski definition) is 1. The molecule has 15 heavy (non-hydrogen) atoms. The first-order valence-corrected chi connectivity index (χ1v) is 6.87. The van der Waals surface area contributed by atoms with Gasteiger partial charge in [0.1, 0.15) is 0 Å². The van der Waals surface area contributed by atoms with E-state index in [4.69, 9.17) is 0 Å². The summed E-state index contributed by atoms with van der Waals surface area (Å²) in [5.74, 6) is 1.91. The Morgan fingerprint density at radius 2 is 1.87 bits per heavy atom. The van der Waals surface area contributed by atoms with E-state index in [9.17, 15) is 0 Å². The van der Waals surface area contributed by atoms with Gasteiger partial charge in [-0.2, -0.15) is 0 Å². The minimum absolute atomic E-state index is 0.642. The van der Waals surface area contributed by atoms with Gasteiger partial charge < -0.3 is 5.32 Å². The van der Waals surface area contributed by atoms with Crippen LogP contribution >= 0.6 is 0 Å². The Morgan fingerprint density at radius 3 is 2.47 bits per heavy atom. The van der Waals surface area contributed by atoms with Gasteiger partial charge in [-0.15, -0.1) is 0 Å². The van der Waals surface area contributed by atoms with E-state index in [0.29, 0.717) is 5.41 Å². The maximum absolute atomic E-state index is 3.84. The van der Waals surface area contributed by atoms with Crippen molar-refractivity contribution in [2.45, 2.75) is 65.3 Å². The summed E-state index contributed by atoms with van der Waals surface area (Å²) >= 11 is 0. The zero-order chi connectivity index (χ0) is 10.9. The summed E-state index contributed by atoms with van der Waals surface area (Å²) in [7, 11) is 0. The van der Waals surface area contributed by atoms with E-state index in [2.05, 4.69) is 26.1 Å². The van der Waals surface area contributed by atoms with E-state index in [0.717, 1.165) is 17.9 Å². The lowest BCUT2D eigenvalue weighted by Gasteiger charge is -2.32. The summed E-state index contributed by atoms with van der Waals surface area (Å²) < 4.78 is 0. The normalized spacial score (nSPS) is 39.0. The Balaban J connectivity index is 1.73. The average molecular weight is 209 g/mol. The second-order valence-corrected chi connectivity index (χ2v) is 6.36. The summed E-state index contributed by atoms with van der Waals surface area (Å²) in [5, 5.41) is 3.84. The molecule has 0 aliphatic heterocycles. The van der Waals surface area contributed by atoms with E-state index < -0.39 is 0 Å². The molecule has 0 amide bonds. The predicted octanol–water partition coefficient (Wildman–Crippen LogP) is 3.59. The standard InChI is InChI=1S/C14H27N/c1-4-11-7-5-6-8-13(11)15-10-12-9-14(12,2)3/h11-13,15H,4-10H2,1-3H3. The van der Waals surface area contributed by atoms with Crippen molar-refractivity contribution in [3.63, 3.8) is 0 Å². The van der Waals surface area contributed by atoms with Crippen molar-refractivity contribution in [1.29, 1.82) is 0 Å². The van der Waals surface area contributed by atoms with Crippen LogP contribution in [0, 0.1) is 17.3 Å². The summed E-state index contributed by atoms with van der Waals surface area (Å²) in [6.07, 6.45) is 8.59. The Hall–Kier alpha value is -0.0400. The van der Waals surface area contributed by atoms with Crippen LogP contribution < -0.4 is 5.32 Å². The lowest BCUT2D eigenvalue weighted by molar-refractivity contribution is 0.251. The van der Waals surface area contributed by atoms with Gasteiger partial charge in [-0.3, -0.25) is 0 Å². The molecule has 1 nitrogen and oxygen atoms in total. The van der Waals surface area contributed by atoms with Gasteiger partial charge in [0.25, 0.3) is 0 Å². The van der Waals surface area contributed by atoms with E-state index in [1.54, 1.807) is 0 Å². The van der Waals surface area contributed by atoms with Crippen LogP contribution in [0.3, 0.4) is 0 Å². The first-order valence-electron chi connectivity index (χ1n) is 6.87. The molecule has 0 heterocycles. The van der Waals surface area contributed by atoms with Gasteiger partial charge in [0, 0.05) is 6.04 Å². The van der Waals surface area contributed by atoms with Crippen LogP contribution in [-0.4, -0.2) is 12.6 Å². The second-order valence-electron chi connectivity index (χ2n) is 6.36. The third-order valence-electron chi connectivity index (χ3n) is 4.78. The highest BCUT2D eigenvalue weighted by Gasteiger charge is 2.45. The molecule has 0 aromatic rings. The lowest BCUT2D eigenvalue weighted by Crippen LogP contribution is -2.39. The lowest BCUT2D eigenvalue weighted by atomic mass is 9.83. The van der Waals surface area contributed by atoms with Gasteiger partial charge in [0.15, 0.2) is 0 Å². The number of hydrogen-bond donors (Lipinski definition) is 1. The molecule has 0 spiro atoms. The summed E-state index contributed by atoms with van der Waals surface area (Å²) in [6.45, 7) is 8.43. The number of rotatable bonds is 4. The molecular weight excluding hydrogens is 182 g/mol. The van der Waals surface area contributed by atoms with E-state index in [1.807, 2.05) is 0 Å². The minimum atomic E-state index is 0.642. The van der Waals surface area contributed by atoms with Crippen molar-refractivity contribution in [2.24, 2.45) is 17.3 Å². The fourth-order valence-corrected chi connectivity index (χ4v) is 3.18. The molecule has 2 saturated carbocycles. The molecule has 2 aliphatic rings. The quantitative estimate of drug-likeness (QED) is 0.746. The fourth-order valence-electron chi connectivity index (χ4n) is 3.18. The van der Waals surface area contributed by atoms with E-state index >= 15 is 0 Å². The molecule has 0 aromatic carbocycles. The average Bonchev–Trinajstić information content (AvgIpc) is 2.84. The van der Waals surface area contributed by atoms with E-state index in [1.165, 1.54) is 45.1 Å². The molecule has 0 radical (unpaired) electrons. The number of nitrogens with one attached hydrogen (secondary N) is 1. The second kappa shape index (κ2) is 4.45. The Kier molecular flexibility index (Phi) is 3.39. The van der Waals surface area contributed by atoms with Crippen molar-refractivity contribution in [1.82, 2.24) is 5.32 Å². The summed E-state index contributed by atoms with van der Waals surface area (Å²) in [6, 6.07) is 0.833. The third kappa shape index (κ3) is 2.75. The first-order chi connectivity index (χ1) is 7.13. The fraction of sp³-hybridized carbons (Fsp3) is 1.00. The zero-order valence-corrected chi connectivity index (χ0v) is 10.7. The molecule has 3 unspecified atom stereocenters. The molecule has 3 atom stereocenters.